The van der Waals surface area contributed by atoms with Crippen LogP contribution in [-0.4, -0.2) is 0 Å². The lowest BCUT2D eigenvalue weighted by molar-refractivity contribution is 1.16. The maximum Gasteiger partial charge on any atom is -0.00104 e. The number of hydrogen-bond acceptors (Lipinski definition) is 0. The van der Waals surface area contributed by atoms with E-state index in [1.807, 2.05) is 41.5 Å². The summed E-state index contributed by atoms with van der Waals surface area (Å²) in [4.78, 5) is 0. The largest absolute Gasteiger partial charge is 0.0683 e. The minimum absolute atomic E-state index is 1.10. The molecule has 0 aromatic heterocycles. The van der Waals surface area contributed by atoms with E-state index >= 15 is 0 Å². The van der Waals surface area contributed by atoms with Crippen molar-refractivity contribution in [3.8, 4) is 22.3 Å². The Hall–Kier alpha value is -2.34. The van der Waals surface area contributed by atoms with Gasteiger partial charge in [0.2, 0.25) is 0 Å². The molecular weight excluding hydrogens is 312 g/mol. The van der Waals surface area contributed by atoms with Gasteiger partial charge in [-0.2, -0.15) is 0 Å². The van der Waals surface area contributed by atoms with Crippen molar-refractivity contribution in [3.05, 3.63) is 82.9 Å². The summed E-state index contributed by atoms with van der Waals surface area (Å²) in [5.74, 6) is 0. The molecule has 3 aromatic carbocycles. The molecule has 0 atom stereocenters. The Morgan fingerprint density at radius 1 is 0.423 bits per heavy atom. The van der Waals surface area contributed by atoms with Crippen molar-refractivity contribution in [1.82, 2.24) is 0 Å². The zero-order chi connectivity index (χ0) is 19.1. The number of hydrogen-bond donors (Lipinski definition) is 0. The molecule has 0 aliphatic heterocycles. The first-order valence-electron chi connectivity index (χ1n) is 10.2. The lowest BCUT2D eigenvalue weighted by Gasteiger charge is -2.07. The van der Waals surface area contributed by atoms with E-state index in [0.29, 0.717) is 0 Å². The molecule has 0 spiro atoms. The van der Waals surface area contributed by atoms with Gasteiger partial charge in [0.15, 0.2) is 0 Å². The van der Waals surface area contributed by atoms with Gasteiger partial charge in [-0.05, 0) is 57.3 Å². The second-order valence-corrected chi connectivity index (χ2v) is 5.79. The average molecular weight is 345 g/mol. The number of rotatable bonds is 0. The Morgan fingerprint density at radius 2 is 0.769 bits per heavy atom. The molecule has 0 heteroatoms. The summed E-state index contributed by atoms with van der Waals surface area (Å²) in [5.41, 5.74) is 11.8. The van der Waals surface area contributed by atoms with Crippen molar-refractivity contribution in [2.24, 2.45) is 0 Å². The van der Waals surface area contributed by atoms with Gasteiger partial charge in [0, 0.05) is 0 Å². The first-order chi connectivity index (χ1) is 12.9. The fourth-order valence-corrected chi connectivity index (χ4v) is 3.86. The van der Waals surface area contributed by atoms with Gasteiger partial charge in [-0.15, -0.1) is 0 Å². The highest BCUT2D eigenvalue weighted by Gasteiger charge is 2.27. The zero-order valence-corrected chi connectivity index (χ0v) is 17.2. The van der Waals surface area contributed by atoms with Crippen molar-refractivity contribution in [2.75, 3.05) is 0 Å². The van der Waals surface area contributed by atoms with E-state index in [9.17, 15) is 0 Å². The summed E-state index contributed by atoms with van der Waals surface area (Å²) in [5, 5.41) is 0. The van der Waals surface area contributed by atoms with Crippen molar-refractivity contribution in [2.45, 2.75) is 54.4 Å². The maximum atomic E-state index is 2.32. The number of benzene rings is 3. The van der Waals surface area contributed by atoms with E-state index < -0.39 is 0 Å². The van der Waals surface area contributed by atoms with Gasteiger partial charge in [-0.25, -0.2) is 0 Å². The molecule has 3 aromatic rings. The zero-order valence-electron chi connectivity index (χ0n) is 17.2. The second kappa shape index (κ2) is 9.38. The normalized spacial score (nSPS) is 11.2. The number of fused-ring (bicyclic) bond motifs is 7. The van der Waals surface area contributed by atoms with Gasteiger partial charge >= 0.3 is 0 Å². The fraction of sp³-hybridized carbons (Fsp3) is 0.308. The summed E-state index contributed by atoms with van der Waals surface area (Å²) in [6, 6.07) is 22.3. The lowest BCUT2D eigenvalue weighted by atomic mass is 9.96. The molecule has 26 heavy (non-hydrogen) atoms. The Balaban J connectivity index is 0.000000371. The maximum absolute atomic E-state index is 2.32. The van der Waals surface area contributed by atoms with E-state index in [-0.39, 0.29) is 0 Å². The highest BCUT2D eigenvalue weighted by atomic mass is 14.3. The smallest absolute Gasteiger partial charge is 0.00104 e. The van der Waals surface area contributed by atoms with E-state index in [1.165, 1.54) is 33.4 Å². The average Bonchev–Trinajstić information content (AvgIpc) is 3.31. The van der Waals surface area contributed by atoms with E-state index in [4.69, 9.17) is 0 Å². The highest BCUT2D eigenvalue weighted by Crippen LogP contribution is 2.46. The summed E-state index contributed by atoms with van der Waals surface area (Å²) < 4.78 is 0. The van der Waals surface area contributed by atoms with Crippen LogP contribution >= 0.6 is 0 Å². The van der Waals surface area contributed by atoms with Crippen molar-refractivity contribution in [3.63, 3.8) is 0 Å². The third kappa shape index (κ3) is 3.33. The van der Waals surface area contributed by atoms with E-state index in [2.05, 4.69) is 60.7 Å². The van der Waals surface area contributed by atoms with Crippen molar-refractivity contribution >= 4 is 0 Å². The molecule has 0 bridgehead atoms. The van der Waals surface area contributed by atoms with Crippen LogP contribution in [0.3, 0.4) is 0 Å². The fourth-order valence-electron chi connectivity index (χ4n) is 3.86. The van der Waals surface area contributed by atoms with Gasteiger partial charge in [0.1, 0.15) is 0 Å². The van der Waals surface area contributed by atoms with Crippen LogP contribution in [0.25, 0.3) is 22.3 Å². The van der Waals surface area contributed by atoms with Gasteiger partial charge in [0.05, 0.1) is 0 Å². The molecule has 0 fully saturated rings. The molecule has 2 aliphatic carbocycles. The molecule has 0 heterocycles. The Kier molecular flexibility index (Phi) is 7.21. The Bertz CT molecular complexity index is 783. The first kappa shape index (κ1) is 20.0. The summed E-state index contributed by atoms with van der Waals surface area (Å²) in [6.07, 6.45) is 2.20. The van der Waals surface area contributed by atoms with Crippen LogP contribution in [0.15, 0.2) is 60.7 Å². The van der Waals surface area contributed by atoms with E-state index in [1.54, 1.807) is 11.1 Å². The van der Waals surface area contributed by atoms with Gasteiger partial charge in [-0.1, -0.05) is 102 Å². The minimum atomic E-state index is 1.10. The molecule has 0 nitrogen and oxygen atoms in total. The highest BCUT2D eigenvalue weighted by molar-refractivity contribution is 5.86. The van der Waals surface area contributed by atoms with Gasteiger partial charge < -0.3 is 0 Å². The van der Waals surface area contributed by atoms with Crippen LogP contribution in [0.1, 0.15) is 63.8 Å². The van der Waals surface area contributed by atoms with Crippen molar-refractivity contribution in [1.29, 1.82) is 0 Å². The topological polar surface area (TPSA) is 0 Å². The van der Waals surface area contributed by atoms with Crippen LogP contribution in [0.2, 0.25) is 0 Å². The molecular formula is C26H32. The molecule has 0 saturated carbocycles. The van der Waals surface area contributed by atoms with Crippen LogP contribution in [0.5, 0.6) is 0 Å². The SMILES string of the molecule is CC.CC.CC.c1ccc2c(c1)Cc1c-2ccc2c1Cc1ccccc1-2. The van der Waals surface area contributed by atoms with Crippen LogP contribution in [-0.2, 0) is 12.8 Å². The van der Waals surface area contributed by atoms with Gasteiger partial charge in [-0.3, -0.25) is 0 Å². The monoisotopic (exact) mass is 344 g/mol. The van der Waals surface area contributed by atoms with Crippen LogP contribution in [0.4, 0.5) is 0 Å². The van der Waals surface area contributed by atoms with Crippen LogP contribution < -0.4 is 0 Å². The summed E-state index contributed by atoms with van der Waals surface area (Å²) in [7, 11) is 0. The molecule has 0 radical (unpaired) electrons. The molecule has 0 N–H and O–H groups in total. The Morgan fingerprint density at radius 3 is 1.15 bits per heavy atom. The molecule has 0 unspecified atom stereocenters. The molecule has 2 aliphatic rings. The summed E-state index contributed by atoms with van der Waals surface area (Å²) >= 11 is 0. The second-order valence-electron chi connectivity index (χ2n) is 5.79. The molecule has 0 amide bonds. The summed E-state index contributed by atoms with van der Waals surface area (Å²) in [6.45, 7) is 12.0. The first-order valence-corrected chi connectivity index (χ1v) is 10.2. The predicted molar refractivity (Wildman–Crippen MR) is 117 cm³/mol. The Labute approximate surface area is 159 Å². The predicted octanol–water partition coefficient (Wildman–Crippen LogP) is 7.91. The molecule has 0 saturated heterocycles. The quantitative estimate of drug-likeness (QED) is 0.268. The van der Waals surface area contributed by atoms with Crippen LogP contribution in [0, 0.1) is 0 Å². The minimum Gasteiger partial charge on any atom is -0.0683 e. The third-order valence-corrected chi connectivity index (χ3v) is 4.78. The molecule has 5 rings (SSSR count). The lowest BCUT2D eigenvalue weighted by Crippen LogP contribution is -1.90. The third-order valence-electron chi connectivity index (χ3n) is 4.78. The molecule has 136 valence electrons. The standard InChI is InChI=1S/C20H14.3C2H6/c1-3-7-15-13(5-1)11-19-17(15)9-10-18-16-8-4-2-6-14(16)12-20(18)19;3*1-2/h1-10H,11-12H2;3*1-2H3. The van der Waals surface area contributed by atoms with Gasteiger partial charge in [0.25, 0.3) is 0 Å². The van der Waals surface area contributed by atoms with Crippen molar-refractivity contribution < 1.29 is 0 Å². The van der Waals surface area contributed by atoms with E-state index in [0.717, 1.165) is 12.8 Å².